The molecule has 1 atom stereocenters. The first-order chi connectivity index (χ1) is 9.79. The SMILES string of the molecule is CCNC(Cc1ncnn1C)c1cnn2ccccc12. The zero-order valence-corrected chi connectivity index (χ0v) is 11.7. The summed E-state index contributed by atoms with van der Waals surface area (Å²) in [5, 5.41) is 12.0. The molecule has 0 aliphatic carbocycles. The normalized spacial score (nSPS) is 12.9. The smallest absolute Gasteiger partial charge is 0.138 e. The van der Waals surface area contributed by atoms with E-state index in [-0.39, 0.29) is 6.04 Å². The zero-order valence-electron chi connectivity index (χ0n) is 11.7. The van der Waals surface area contributed by atoms with Crippen LogP contribution in [0.5, 0.6) is 0 Å². The van der Waals surface area contributed by atoms with Crippen LogP contribution in [0.1, 0.15) is 24.4 Å². The summed E-state index contributed by atoms with van der Waals surface area (Å²) < 4.78 is 3.71. The number of hydrogen-bond acceptors (Lipinski definition) is 4. The van der Waals surface area contributed by atoms with Crippen LogP contribution in [0.15, 0.2) is 36.9 Å². The second kappa shape index (κ2) is 5.42. The Morgan fingerprint density at radius 2 is 2.20 bits per heavy atom. The van der Waals surface area contributed by atoms with E-state index in [4.69, 9.17) is 0 Å². The molecule has 0 radical (unpaired) electrons. The summed E-state index contributed by atoms with van der Waals surface area (Å²) in [6.45, 7) is 3.00. The monoisotopic (exact) mass is 270 g/mol. The van der Waals surface area contributed by atoms with Gasteiger partial charge in [0.1, 0.15) is 12.2 Å². The molecule has 0 saturated heterocycles. The van der Waals surface area contributed by atoms with Crippen LogP contribution >= 0.6 is 0 Å². The Hall–Kier alpha value is -2.21. The van der Waals surface area contributed by atoms with Crippen molar-refractivity contribution in [3.8, 4) is 0 Å². The first-order valence-corrected chi connectivity index (χ1v) is 6.78. The van der Waals surface area contributed by atoms with E-state index in [0.717, 1.165) is 24.3 Å². The maximum Gasteiger partial charge on any atom is 0.138 e. The van der Waals surface area contributed by atoms with E-state index in [0.29, 0.717) is 0 Å². The summed E-state index contributed by atoms with van der Waals surface area (Å²) in [5.41, 5.74) is 2.32. The number of hydrogen-bond donors (Lipinski definition) is 1. The highest BCUT2D eigenvalue weighted by atomic mass is 15.3. The first-order valence-electron chi connectivity index (χ1n) is 6.78. The Bertz CT molecular complexity index is 698. The standard InChI is InChI=1S/C14H18N6/c1-3-15-12(8-14-16-10-18-19(14)2)11-9-17-20-7-5-4-6-13(11)20/h4-7,9-10,12,15H,3,8H2,1-2H3. The molecular formula is C14H18N6. The molecule has 3 aromatic heterocycles. The van der Waals surface area contributed by atoms with Gasteiger partial charge in [0.05, 0.1) is 11.7 Å². The molecule has 20 heavy (non-hydrogen) atoms. The predicted molar refractivity (Wildman–Crippen MR) is 76.3 cm³/mol. The molecule has 0 aliphatic rings. The molecule has 0 aromatic carbocycles. The van der Waals surface area contributed by atoms with Crippen LogP contribution in [0.4, 0.5) is 0 Å². The quantitative estimate of drug-likeness (QED) is 0.760. The Morgan fingerprint density at radius 1 is 1.30 bits per heavy atom. The van der Waals surface area contributed by atoms with Crippen molar-refractivity contribution >= 4 is 5.52 Å². The van der Waals surface area contributed by atoms with Crippen LogP contribution in [0.2, 0.25) is 0 Å². The Labute approximate surface area is 117 Å². The lowest BCUT2D eigenvalue weighted by atomic mass is 10.0. The number of nitrogens with one attached hydrogen (secondary N) is 1. The summed E-state index contributed by atoms with van der Waals surface area (Å²) in [5.74, 6) is 0.964. The van der Waals surface area contributed by atoms with Gasteiger partial charge in [0.2, 0.25) is 0 Å². The minimum absolute atomic E-state index is 0.183. The number of rotatable bonds is 5. The van der Waals surface area contributed by atoms with Crippen molar-refractivity contribution in [2.45, 2.75) is 19.4 Å². The van der Waals surface area contributed by atoms with Crippen LogP contribution in [0, 0.1) is 0 Å². The van der Waals surface area contributed by atoms with E-state index < -0.39 is 0 Å². The molecule has 6 heteroatoms. The zero-order chi connectivity index (χ0) is 13.9. The largest absolute Gasteiger partial charge is 0.310 e. The molecule has 1 unspecified atom stereocenters. The number of aromatic nitrogens is 5. The van der Waals surface area contributed by atoms with Gasteiger partial charge in [0, 0.05) is 31.3 Å². The molecule has 6 nitrogen and oxygen atoms in total. The molecule has 0 aliphatic heterocycles. The van der Waals surface area contributed by atoms with Crippen molar-refractivity contribution in [3.63, 3.8) is 0 Å². The minimum atomic E-state index is 0.183. The van der Waals surface area contributed by atoms with Gasteiger partial charge in [-0.3, -0.25) is 4.68 Å². The van der Waals surface area contributed by atoms with Crippen molar-refractivity contribution in [1.82, 2.24) is 29.7 Å². The molecular weight excluding hydrogens is 252 g/mol. The summed E-state index contributed by atoms with van der Waals surface area (Å²) in [4.78, 5) is 4.31. The predicted octanol–water partition coefficient (Wildman–Crippen LogP) is 1.36. The van der Waals surface area contributed by atoms with Crippen molar-refractivity contribution in [2.24, 2.45) is 7.05 Å². The number of aryl methyl sites for hydroxylation is 1. The molecule has 3 heterocycles. The minimum Gasteiger partial charge on any atom is -0.310 e. The summed E-state index contributed by atoms with van der Waals surface area (Å²) in [6, 6.07) is 6.28. The fraction of sp³-hybridized carbons (Fsp3) is 0.357. The van der Waals surface area contributed by atoms with Gasteiger partial charge in [-0.15, -0.1) is 0 Å². The van der Waals surface area contributed by atoms with Gasteiger partial charge in [0.15, 0.2) is 0 Å². The lowest BCUT2D eigenvalue weighted by molar-refractivity contribution is 0.525. The number of likely N-dealkylation sites (N-methyl/N-ethyl adjacent to an activating group) is 1. The molecule has 0 bridgehead atoms. The van der Waals surface area contributed by atoms with Gasteiger partial charge in [-0.2, -0.15) is 10.2 Å². The van der Waals surface area contributed by atoms with Crippen molar-refractivity contribution < 1.29 is 0 Å². The maximum absolute atomic E-state index is 4.41. The third-order valence-corrected chi connectivity index (χ3v) is 3.47. The van der Waals surface area contributed by atoms with E-state index in [9.17, 15) is 0 Å². The average molecular weight is 270 g/mol. The van der Waals surface area contributed by atoms with E-state index in [2.05, 4.69) is 33.5 Å². The van der Waals surface area contributed by atoms with Crippen molar-refractivity contribution in [2.75, 3.05) is 6.54 Å². The van der Waals surface area contributed by atoms with Gasteiger partial charge in [-0.25, -0.2) is 9.50 Å². The van der Waals surface area contributed by atoms with E-state index in [1.54, 1.807) is 6.33 Å². The third kappa shape index (κ3) is 2.30. The Kier molecular flexibility index (Phi) is 3.47. The van der Waals surface area contributed by atoms with Crippen LogP contribution in [0.3, 0.4) is 0 Å². The first kappa shape index (κ1) is 12.8. The summed E-state index contributed by atoms with van der Waals surface area (Å²) in [7, 11) is 1.92. The number of fused-ring (bicyclic) bond motifs is 1. The van der Waals surface area contributed by atoms with Crippen LogP contribution in [-0.2, 0) is 13.5 Å². The summed E-state index contributed by atoms with van der Waals surface area (Å²) in [6.07, 6.45) is 6.28. The van der Waals surface area contributed by atoms with E-state index >= 15 is 0 Å². The molecule has 0 spiro atoms. The van der Waals surface area contributed by atoms with Gasteiger partial charge < -0.3 is 5.32 Å². The maximum atomic E-state index is 4.41. The molecule has 0 fully saturated rings. The van der Waals surface area contributed by atoms with Crippen molar-refractivity contribution in [3.05, 3.63) is 48.3 Å². The second-order valence-corrected chi connectivity index (χ2v) is 4.74. The van der Waals surface area contributed by atoms with Crippen LogP contribution < -0.4 is 5.32 Å². The number of nitrogens with zero attached hydrogens (tertiary/aromatic N) is 5. The lowest BCUT2D eigenvalue weighted by Crippen LogP contribution is -2.24. The molecule has 0 saturated carbocycles. The van der Waals surface area contributed by atoms with Crippen LogP contribution in [-0.4, -0.2) is 30.9 Å². The number of pyridine rings is 1. The Balaban J connectivity index is 1.96. The molecule has 1 N–H and O–H groups in total. The van der Waals surface area contributed by atoms with Gasteiger partial charge >= 0.3 is 0 Å². The fourth-order valence-corrected chi connectivity index (χ4v) is 2.45. The second-order valence-electron chi connectivity index (χ2n) is 4.74. The third-order valence-electron chi connectivity index (χ3n) is 3.47. The highest BCUT2D eigenvalue weighted by Crippen LogP contribution is 2.21. The lowest BCUT2D eigenvalue weighted by Gasteiger charge is -2.16. The topological polar surface area (TPSA) is 60.0 Å². The molecule has 3 rings (SSSR count). The fourth-order valence-electron chi connectivity index (χ4n) is 2.45. The van der Waals surface area contributed by atoms with Gasteiger partial charge in [0.25, 0.3) is 0 Å². The van der Waals surface area contributed by atoms with Crippen LogP contribution in [0.25, 0.3) is 5.52 Å². The van der Waals surface area contributed by atoms with Gasteiger partial charge in [-0.1, -0.05) is 13.0 Å². The highest BCUT2D eigenvalue weighted by molar-refractivity contribution is 5.55. The molecule has 3 aromatic rings. The van der Waals surface area contributed by atoms with Crippen molar-refractivity contribution in [1.29, 1.82) is 0 Å². The van der Waals surface area contributed by atoms with Gasteiger partial charge in [-0.05, 0) is 18.7 Å². The van der Waals surface area contributed by atoms with E-state index in [1.807, 2.05) is 40.8 Å². The average Bonchev–Trinajstić information content (AvgIpc) is 3.05. The highest BCUT2D eigenvalue weighted by Gasteiger charge is 2.18. The Morgan fingerprint density at radius 3 is 2.95 bits per heavy atom. The van der Waals surface area contributed by atoms with E-state index in [1.165, 1.54) is 5.56 Å². The summed E-state index contributed by atoms with van der Waals surface area (Å²) >= 11 is 0. The molecule has 104 valence electrons. The molecule has 0 amide bonds.